The topological polar surface area (TPSA) is 73.9 Å². The lowest BCUT2D eigenvalue weighted by Crippen LogP contribution is -2.30. The first kappa shape index (κ1) is 20.9. The van der Waals surface area contributed by atoms with Gasteiger partial charge in [0.25, 0.3) is 5.91 Å². The molecule has 0 saturated carbocycles. The fourth-order valence-corrected chi connectivity index (χ4v) is 2.88. The summed E-state index contributed by atoms with van der Waals surface area (Å²) in [5.74, 6) is 0.0787. The molecule has 8 heteroatoms. The summed E-state index contributed by atoms with van der Waals surface area (Å²) in [7, 11) is 3.12. The molecule has 144 valence electrons. The first-order chi connectivity index (χ1) is 13.0. The number of rotatable bonds is 8. The maximum Gasteiger partial charge on any atom is 0.341 e. The van der Waals surface area contributed by atoms with Crippen molar-refractivity contribution in [1.82, 2.24) is 5.32 Å². The van der Waals surface area contributed by atoms with Crippen LogP contribution in [-0.2, 0) is 16.0 Å². The predicted octanol–water partition coefficient (Wildman–Crippen LogP) is 3.53. The van der Waals surface area contributed by atoms with E-state index in [2.05, 4.69) is 5.32 Å². The predicted molar refractivity (Wildman–Crippen MR) is 103 cm³/mol. The van der Waals surface area contributed by atoms with Crippen LogP contribution in [0.25, 0.3) is 0 Å². The number of ether oxygens (including phenoxy) is 3. The van der Waals surface area contributed by atoms with Gasteiger partial charge in [0.1, 0.15) is 0 Å². The maximum absolute atomic E-state index is 12.0. The van der Waals surface area contributed by atoms with Crippen LogP contribution in [0.1, 0.15) is 15.9 Å². The average molecular weight is 412 g/mol. The van der Waals surface area contributed by atoms with E-state index in [9.17, 15) is 9.59 Å². The molecule has 0 aromatic heterocycles. The summed E-state index contributed by atoms with van der Waals surface area (Å²) >= 11 is 11.9. The molecule has 0 unspecified atom stereocenters. The van der Waals surface area contributed by atoms with Crippen LogP contribution in [0.5, 0.6) is 11.5 Å². The molecular formula is C19H19Cl2NO5. The summed E-state index contributed by atoms with van der Waals surface area (Å²) in [5, 5.41) is 3.01. The van der Waals surface area contributed by atoms with Gasteiger partial charge >= 0.3 is 5.97 Å². The summed E-state index contributed by atoms with van der Waals surface area (Å²) in [6.45, 7) is -0.0506. The van der Waals surface area contributed by atoms with E-state index in [1.807, 2.05) is 12.1 Å². The lowest BCUT2D eigenvalue weighted by Gasteiger charge is -2.10. The fourth-order valence-electron chi connectivity index (χ4n) is 2.33. The number of amides is 1. The molecule has 0 atom stereocenters. The van der Waals surface area contributed by atoms with E-state index < -0.39 is 18.5 Å². The highest BCUT2D eigenvalue weighted by molar-refractivity contribution is 6.39. The minimum Gasteiger partial charge on any atom is -0.493 e. The molecule has 27 heavy (non-hydrogen) atoms. The van der Waals surface area contributed by atoms with Gasteiger partial charge in [-0.2, -0.15) is 0 Å². The van der Waals surface area contributed by atoms with E-state index in [4.69, 9.17) is 37.4 Å². The van der Waals surface area contributed by atoms with Crippen molar-refractivity contribution in [2.45, 2.75) is 6.42 Å². The minimum absolute atomic E-state index is 0.0407. The third kappa shape index (κ3) is 5.77. The second kappa shape index (κ2) is 10.0. The number of halogens is 2. The van der Waals surface area contributed by atoms with Crippen molar-refractivity contribution in [3.63, 3.8) is 0 Å². The van der Waals surface area contributed by atoms with Gasteiger partial charge in [0.15, 0.2) is 18.1 Å². The monoisotopic (exact) mass is 411 g/mol. The van der Waals surface area contributed by atoms with Crippen LogP contribution < -0.4 is 14.8 Å². The molecule has 2 aromatic rings. The summed E-state index contributed by atoms with van der Waals surface area (Å²) in [6, 6.07) is 10.2. The first-order valence-electron chi connectivity index (χ1n) is 8.05. The molecule has 0 saturated heterocycles. The Bertz CT molecular complexity index is 805. The third-order valence-corrected chi connectivity index (χ3v) is 4.31. The van der Waals surface area contributed by atoms with E-state index >= 15 is 0 Å². The second-order valence-electron chi connectivity index (χ2n) is 5.46. The first-order valence-corrected chi connectivity index (χ1v) is 8.80. The molecule has 0 bridgehead atoms. The minimum atomic E-state index is -0.749. The van der Waals surface area contributed by atoms with E-state index in [0.29, 0.717) is 24.5 Å². The Labute approximate surface area is 167 Å². The Balaban J connectivity index is 1.81. The van der Waals surface area contributed by atoms with Crippen LogP contribution >= 0.6 is 23.2 Å². The van der Waals surface area contributed by atoms with Crippen LogP contribution in [0, 0.1) is 0 Å². The zero-order valence-corrected chi connectivity index (χ0v) is 16.4. The summed E-state index contributed by atoms with van der Waals surface area (Å²) in [5.41, 5.74) is 1.01. The van der Waals surface area contributed by atoms with E-state index in [1.54, 1.807) is 26.4 Å². The van der Waals surface area contributed by atoms with Crippen LogP contribution in [-0.4, -0.2) is 39.2 Å². The molecule has 0 heterocycles. The largest absolute Gasteiger partial charge is 0.493 e. The van der Waals surface area contributed by atoms with Gasteiger partial charge in [0.2, 0.25) is 0 Å². The lowest BCUT2D eigenvalue weighted by molar-refractivity contribution is -0.124. The number of methoxy groups -OCH3 is 2. The zero-order chi connectivity index (χ0) is 19.8. The third-order valence-electron chi connectivity index (χ3n) is 3.69. The summed E-state index contributed by atoms with van der Waals surface area (Å²) in [6.07, 6.45) is 0.580. The number of carbonyl (C=O) groups excluding carboxylic acids is 2. The van der Waals surface area contributed by atoms with Gasteiger partial charge in [-0.3, -0.25) is 4.79 Å². The summed E-state index contributed by atoms with van der Waals surface area (Å²) < 4.78 is 15.4. The Kier molecular flexibility index (Phi) is 7.76. The van der Waals surface area contributed by atoms with E-state index in [1.165, 1.54) is 12.1 Å². The van der Waals surface area contributed by atoms with Crippen molar-refractivity contribution < 1.29 is 23.8 Å². The normalized spacial score (nSPS) is 10.2. The molecule has 0 fully saturated rings. The Morgan fingerprint density at radius 1 is 1.00 bits per heavy atom. The highest BCUT2D eigenvalue weighted by Gasteiger charge is 2.17. The van der Waals surface area contributed by atoms with Gasteiger partial charge in [0.05, 0.1) is 29.8 Å². The van der Waals surface area contributed by atoms with E-state index in [-0.39, 0.29) is 15.6 Å². The molecule has 2 aromatic carbocycles. The van der Waals surface area contributed by atoms with Crippen molar-refractivity contribution in [3.05, 3.63) is 57.6 Å². The second-order valence-corrected chi connectivity index (χ2v) is 6.28. The van der Waals surface area contributed by atoms with Gasteiger partial charge < -0.3 is 19.5 Å². The Morgan fingerprint density at radius 2 is 1.67 bits per heavy atom. The van der Waals surface area contributed by atoms with Gasteiger partial charge in [-0.05, 0) is 36.2 Å². The molecule has 0 aliphatic heterocycles. The quantitative estimate of drug-likeness (QED) is 0.672. The molecule has 1 amide bonds. The number of hydrogen-bond acceptors (Lipinski definition) is 5. The van der Waals surface area contributed by atoms with Crippen LogP contribution in [0.4, 0.5) is 0 Å². The van der Waals surface area contributed by atoms with E-state index in [0.717, 1.165) is 5.56 Å². The highest BCUT2D eigenvalue weighted by Crippen LogP contribution is 2.27. The van der Waals surface area contributed by atoms with Gasteiger partial charge in [-0.15, -0.1) is 0 Å². The van der Waals surface area contributed by atoms with Crippen molar-refractivity contribution in [2.24, 2.45) is 0 Å². The van der Waals surface area contributed by atoms with Crippen LogP contribution in [0.3, 0.4) is 0 Å². The summed E-state index contributed by atoms with van der Waals surface area (Å²) in [4.78, 5) is 23.9. The Hall–Kier alpha value is -2.44. The average Bonchev–Trinajstić information content (AvgIpc) is 2.66. The molecule has 2 rings (SSSR count). The number of nitrogens with one attached hydrogen (secondary N) is 1. The Morgan fingerprint density at radius 3 is 2.30 bits per heavy atom. The van der Waals surface area contributed by atoms with Crippen molar-refractivity contribution in [1.29, 1.82) is 0 Å². The fraction of sp³-hybridized carbons (Fsp3) is 0.263. The molecule has 0 aliphatic carbocycles. The lowest BCUT2D eigenvalue weighted by atomic mass is 10.1. The smallest absolute Gasteiger partial charge is 0.341 e. The van der Waals surface area contributed by atoms with Crippen LogP contribution in [0.15, 0.2) is 36.4 Å². The molecule has 0 aliphatic rings. The molecule has 0 spiro atoms. The van der Waals surface area contributed by atoms with Crippen molar-refractivity contribution in [3.8, 4) is 11.5 Å². The molecule has 6 nitrogen and oxygen atoms in total. The number of carbonyl (C=O) groups is 2. The highest BCUT2D eigenvalue weighted by atomic mass is 35.5. The molecule has 0 radical (unpaired) electrons. The van der Waals surface area contributed by atoms with Gasteiger partial charge in [-0.1, -0.05) is 35.3 Å². The van der Waals surface area contributed by atoms with Gasteiger partial charge in [0, 0.05) is 6.54 Å². The number of benzene rings is 2. The van der Waals surface area contributed by atoms with Crippen LogP contribution in [0.2, 0.25) is 10.0 Å². The van der Waals surface area contributed by atoms with Gasteiger partial charge in [-0.25, -0.2) is 4.79 Å². The molecule has 1 N–H and O–H groups in total. The SMILES string of the molecule is COc1ccc(CCNC(=O)COC(=O)c2c(Cl)cccc2Cl)cc1OC. The van der Waals surface area contributed by atoms with Crippen molar-refractivity contribution in [2.75, 3.05) is 27.4 Å². The zero-order valence-electron chi connectivity index (χ0n) is 14.9. The maximum atomic E-state index is 12.0. The van der Waals surface area contributed by atoms with Crippen molar-refractivity contribution >= 4 is 35.1 Å². The number of hydrogen-bond donors (Lipinski definition) is 1. The number of esters is 1. The standard InChI is InChI=1S/C19H19Cl2NO5/c1-25-15-7-6-12(10-16(15)26-2)8-9-22-17(23)11-27-19(24)18-13(20)4-3-5-14(18)21/h3-7,10H,8-9,11H2,1-2H3,(H,22,23). The molecular weight excluding hydrogens is 393 g/mol.